The van der Waals surface area contributed by atoms with Gasteiger partial charge < -0.3 is 19.0 Å². The van der Waals surface area contributed by atoms with Crippen molar-refractivity contribution in [1.82, 2.24) is 19.0 Å². The lowest BCUT2D eigenvalue weighted by atomic mass is 10.1. The highest BCUT2D eigenvalue weighted by Gasteiger charge is 2.25. The molecule has 1 aliphatic heterocycles. The highest BCUT2D eigenvalue weighted by Crippen LogP contribution is 2.40. The molecule has 1 N–H and O–H groups in total. The first-order valence-corrected chi connectivity index (χ1v) is 19.5. The number of aromatic nitrogens is 3. The molecule has 12 rings (SSSR count). The SMILES string of the molecule is C1=C(c2ccccc2)N=C(c2ccccc2)NC1n1c2ccc(-n3c4ccccc4c4ccccc43)cc2c2cc(-n3c4ccccc4c4ccccc43)ccc21. The number of fused-ring (bicyclic) bond motifs is 9. The van der Waals surface area contributed by atoms with Gasteiger partial charge in [-0.05, 0) is 66.7 Å². The number of nitrogens with zero attached hydrogens (tertiary/aromatic N) is 4. The second kappa shape index (κ2) is 12.4. The van der Waals surface area contributed by atoms with E-state index in [9.17, 15) is 0 Å². The number of hydrogen-bond donors (Lipinski definition) is 1. The minimum atomic E-state index is -0.217. The first-order valence-electron chi connectivity index (χ1n) is 19.5. The molecule has 3 aromatic heterocycles. The first-order chi connectivity index (χ1) is 28.3. The number of amidine groups is 1. The molecule has 1 unspecified atom stereocenters. The molecular formula is C52H35N5. The van der Waals surface area contributed by atoms with Crippen LogP contribution in [-0.2, 0) is 0 Å². The van der Waals surface area contributed by atoms with Gasteiger partial charge in [0.1, 0.15) is 12.0 Å². The van der Waals surface area contributed by atoms with Crippen molar-refractivity contribution in [1.29, 1.82) is 0 Å². The summed E-state index contributed by atoms with van der Waals surface area (Å²) < 4.78 is 7.28. The largest absolute Gasteiger partial charge is 0.346 e. The quantitative estimate of drug-likeness (QED) is 0.188. The molecule has 5 heteroatoms. The van der Waals surface area contributed by atoms with Crippen LogP contribution in [0.25, 0.3) is 82.5 Å². The molecule has 0 radical (unpaired) electrons. The average molecular weight is 730 g/mol. The monoisotopic (exact) mass is 729 g/mol. The Morgan fingerprint density at radius 1 is 0.368 bits per heavy atom. The number of para-hydroxylation sites is 4. The molecule has 11 aromatic rings. The van der Waals surface area contributed by atoms with Crippen molar-refractivity contribution in [2.45, 2.75) is 6.17 Å². The van der Waals surface area contributed by atoms with E-state index in [0.29, 0.717) is 0 Å². The molecule has 57 heavy (non-hydrogen) atoms. The summed E-state index contributed by atoms with van der Waals surface area (Å²) in [4.78, 5) is 5.20. The zero-order valence-corrected chi connectivity index (χ0v) is 30.9. The lowest BCUT2D eigenvalue weighted by molar-refractivity contribution is 0.600. The van der Waals surface area contributed by atoms with E-state index in [1.54, 1.807) is 0 Å². The van der Waals surface area contributed by atoms with Crippen LogP contribution in [0.4, 0.5) is 0 Å². The van der Waals surface area contributed by atoms with Crippen molar-refractivity contribution in [3.63, 3.8) is 0 Å². The molecule has 0 aliphatic carbocycles. The molecule has 1 atom stereocenters. The minimum Gasteiger partial charge on any atom is -0.346 e. The van der Waals surface area contributed by atoms with Gasteiger partial charge in [-0.1, -0.05) is 133 Å². The molecule has 0 amide bonds. The van der Waals surface area contributed by atoms with Gasteiger partial charge in [-0.2, -0.15) is 0 Å². The maximum atomic E-state index is 5.20. The molecule has 0 saturated carbocycles. The Morgan fingerprint density at radius 3 is 1.23 bits per heavy atom. The Balaban J connectivity index is 1.14. The predicted octanol–water partition coefficient (Wildman–Crippen LogP) is 12.6. The maximum absolute atomic E-state index is 5.20. The molecule has 268 valence electrons. The third-order valence-electron chi connectivity index (χ3n) is 11.7. The molecule has 0 fully saturated rings. The van der Waals surface area contributed by atoms with Gasteiger partial charge in [0.2, 0.25) is 0 Å². The van der Waals surface area contributed by atoms with Crippen LogP contribution in [0.1, 0.15) is 17.3 Å². The van der Waals surface area contributed by atoms with Gasteiger partial charge in [-0.25, -0.2) is 4.99 Å². The topological polar surface area (TPSA) is 39.2 Å². The highest BCUT2D eigenvalue weighted by atomic mass is 15.2. The van der Waals surface area contributed by atoms with E-state index in [0.717, 1.165) is 45.1 Å². The highest BCUT2D eigenvalue weighted by molar-refractivity contribution is 6.14. The lowest BCUT2D eigenvalue weighted by Crippen LogP contribution is -2.34. The van der Waals surface area contributed by atoms with E-state index in [2.05, 4.69) is 219 Å². The number of hydrogen-bond acceptors (Lipinski definition) is 2. The number of benzene rings is 8. The van der Waals surface area contributed by atoms with Crippen LogP contribution in [0.2, 0.25) is 0 Å². The van der Waals surface area contributed by atoms with Gasteiger partial charge in [0.15, 0.2) is 0 Å². The van der Waals surface area contributed by atoms with E-state index >= 15 is 0 Å². The minimum absolute atomic E-state index is 0.217. The van der Waals surface area contributed by atoms with Gasteiger partial charge in [0.05, 0.1) is 38.8 Å². The van der Waals surface area contributed by atoms with E-state index in [-0.39, 0.29) is 6.17 Å². The van der Waals surface area contributed by atoms with Crippen LogP contribution < -0.4 is 5.32 Å². The smallest absolute Gasteiger partial charge is 0.135 e. The second-order valence-electron chi connectivity index (χ2n) is 14.8. The Bertz CT molecular complexity index is 3160. The first kappa shape index (κ1) is 31.7. The van der Waals surface area contributed by atoms with Crippen LogP contribution in [0, 0.1) is 0 Å². The Hall–Kier alpha value is -7.63. The molecule has 4 heterocycles. The van der Waals surface area contributed by atoms with E-state index in [1.807, 2.05) is 0 Å². The van der Waals surface area contributed by atoms with Crippen LogP contribution >= 0.6 is 0 Å². The third-order valence-corrected chi connectivity index (χ3v) is 11.7. The summed E-state index contributed by atoms with van der Waals surface area (Å²) in [5, 5.41) is 11.2. The maximum Gasteiger partial charge on any atom is 0.135 e. The molecule has 0 bridgehead atoms. The lowest BCUT2D eigenvalue weighted by Gasteiger charge is -2.27. The average Bonchev–Trinajstić information content (AvgIpc) is 3.92. The van der Waals surface area contributed by atoms with E-state index < -0.39 is 0 Å². The molecular weight excluding hydrogens is 695 g/mol. The summed E-state index contributed by atoms with van der Waals surface area (Å²) in [5.74, 6) is 0.848. The third kappa shape index (κ3) is 4.85. The summed E-state index contributed by atoms with van der Waals surface area (Å²) in [7, 11) is 0. The summed E-state index contributed by atoms with van der Waals surface area (Å²) >= 11 is 0. The van der Waals surface area contributed by atoms with Crippen molar-refractivity contribution >= 4 is 77.0 Å². The Morgan fingerprint density at radius 2 is 0.772 bits per heavy atom. The van der Waals surface area contributed by atoms with Crippen molar-refractivity contribution in [2.24, 2.45) is 4.99 Å². The second-order valence-corrected chi connectivity index (χ2v) is 14.8. The summed E-state index contributed by atoms with van der Waals surface area (Å²) in [6.07, 6.45) is 2.05. The fourth-order valence-corrected chi connectivity index (χ4v) is 9.18. The summed E-state index contributed by atoms with van der Waals surface area (Å²) in [6, 6.07) is 69.8. The number of aliphatic imine (C=N–C) groups is 1. The molecule has 8 aromatic carbocycles. The van der Waals surface area contributed by atoms with Gasteiger partial charge in [-0.15, -0.1) is 0 Å². The van der Waals surface area contributed by atoms with Crippen LogP contribution in [0.5, 0.6) is 0 Å². The van der Waals surface area contributed by atoms with Crippen molar-refractivity contribution < 1.29 is 0 Å². The summed E-state index contributed by atoms with van der Waals surface area (Å²) in [6.45, 7) is 0. The van der Waals surface area contributed by atoms with Gasteiger partial charge in [0.25, 0.3) is 0 Å². The van der Waals surface area contributed by atoms with Crippen LogP contribution in [0.3, 0.4) is 0 Å². The van der Waals surface area contributed by atoms with Crippen molar-refractivity contribution in [2.75, 3.05) is 0 Å². The van der Waals surface area contributed by atoms with Gasteiger partial charge in [0, 0.05) is 54.8 Å². The molecule has 1 aliphatic rings. The fourth-order valence-electron chi connectivity index (χ4n) is 9.18. The zero-order chi connectivity index (χ0) is 37.5. The van der Waals surface area contributed by atoms with Crippen molar-refractivity contribution in [3.8, 4) is 11.4 Å². The molecule has 0 saturated heterocycles. The van der Waals surface area contributed by atoms with Crippen LogP contribution in [-0.4, -0.2) is 19.5 Å². The molecule has 5 nitrogen and oxygen atoms in total. The zero-order valence-electron chi connectivity index (χ0n) is 30.9. The Kier molecular flexibility index (Phi) is 6.92. The van der Waals surface area contributed by atoms with E-state index in [1.165, 1.54) is 54.4 Å². The number of rotatable bonds is 5. The van der Waals surface area contributed by atoms with Crippen molar-refractivity contribution in [3.05, 3.63) is 211 Å². The Labute approximate surface area is 328 Å². The predicted molar refractivity (Wildman–Crippen MR) is 238 cm³/mol. The van der Waals surface area contributed by atoms with E-state index in [4.69, 9.17) is 4.99 Å². The van der Waals surface area contributed by atoms with Gasteiger partial charge in [-0.3, -0.25) is 0 Å². The van der Waals surface area contributed by atoms with Gasteiger partial charge >= 0.3 is 0 Å². The van der Waals surface area contributed by atoms with Crippen LogP contribution in [0.15, 0.2) is 205 Å². The number of nitrogens with one attached hydrogen (secondary N) is 1. The molecule has 0 spiro atoms. The fraction of sp³-hybridized carbons (Fsp3) is 0.0192. The standard InChI is InChI=1S/C52H35N5/c1-3-15-34(16-4-1)44-33-51(54-52(53-44)35-17-5-2-6-18-35)57-49-29-27-36(55-45-23-11-7-19-38(45)39-20-8-12-24-46(39)55)31-42(49)43-32-37(28-30-50(43)57)56-47-25-13-9-21-40(47)41-22-10-14-26-48(41)56/h1-33,51H,(H,53,54). The summed E-state index contributed by atoms with van der Waals surface area (Å²) in [5.41, 5.74) is 12.4. The normalized spacial score (nSPS) is 14.5.